The highest BCUT2D eigenvalue weighted by molar-refractivity contribution is 5.95. The number of amides is 1. The molecule has 1 fully saturated rings. The predicted molar refractivity (Wildman–Crippen MR) is 102 cm³/mol. The van der Waals surface area contributed by atoms with Crippen LogP contribution < -0.4 is 10.1 Å². The zero-order valence-electron chi connectivity index (χ0n) is 14.9. The van der Waals surface area contributed by atoms with Gasteiger partial charge in [-0.3, -0.25) is 4.79 Å². The summed E-state index contributed by atoms with van der Waals surface area (Å²) in [5, 5.41) is 4.32. The fourth-order valence-electron chi connectivity index (χ4n) is 4.69. The quantitative estimate of drug-likeness (QED) is 0.787. The molecule has 132 valence electrons. The highest BCUT2D eigenvalue weighted by atomic mass is 16.5. The molecule has 3 heterocycles. The molecular formula is C22H22N2O2. The van der Waals surface area contributed by atoms with Gasteiger partial charge in [-0.05, 0) is 41.7 Å². The van der Waals surface area contributed by atoms with Crippen LogP contribution >= 0.6 is 0 Å². The van der Waals surface area contributed by atoms with Crippen molar-refractivity contribution in [2.75, 3.05) is 13.7 Å². The van der Waals surface area contributed by atoms with Crippen molar-refractivity contribution in [2.24, 2.45) is 0 Å². The molecule has 5 rings (SSSR count). The number of nitrogens with zero attached hydrogens (tertiary/aromatic N) is 1. The Morgan fingerprint density at radius 2 is 2.08 bits per heavy atom. The minimum atomic E-state index is -0.154. The molecule has 2 aromatic carbocycles. The third kappa shape index (κ3) is 2.25. The van der Waals surface area contributed by atoms with E-state index in [1.54, 1.807) is 7.11 Å². The van der Waals surface area contributed by atoms with Crippen LogP contribution in [0.1, 0.15) is 34.9 Å². The first kappa shape index (κ1) is 15.5. The van der Waals surface area contributed by atoms with Crippen LogP contribution in [0.25, 0.3) is 10.9 Å². The predicted octanol–water partition coefficient (Wildman–Crippen LogP) is 3.59. The van der Waals surface area contributed by atoms with Gasteiger partial charge in [-0.25, -0.2) is 0 Å². The lowest BCUT2D eigenvalue weighted by Gasteiger charge is -2.17. The SMILES string of the molecule is COc1cccc([C@H]2CNC(=O)[C@@H]2c2cn3c4c(cccc24)CCC3)c1. The van der Waals surface area contributed by atoms with E-state index in [9.17, 15) is 4.79 Å². The van der Waals surface area contributed by atoms with E-state index in [0.29, 0.717) is 6.54 Å². The summed E-state index contributed by atoms with van der Waals surface area (Å²) >= 11 is 0. The molecule has 0 radical (unpaired) electrons. The van der Waals surface area contributed by atoms with Gasteiger partial charge in [0.05, 0.1) is 18.5 Å². The smallest absolute Gasteiger partial charge is 0.228 e. The van der Waals surface area contributed by atoms with Gasteiger partial charge >= 0.3 is 0 Å². The van der Waals surface area contributed by atoms with E-state index in [4.69, 9.17) is 4.74 Å². The average molecular weight is 346 g/mol. The van der Waals surface area contributed by atoms with Crippen molar-refractivity contribution >= 4 is 16.8 Å². The number of para-hydroxylation sites is 1. The third-order valence-electron chi connectivity index (χ3n) is 5.90. The van der Waals surface area contributed by atoms with E-state index < -0.39 is 0 Å². The lowest BCUT2D eigenvalue weighted by Crippen LogP contribution is -2.18. The second-order valence-corrected chi connectivity index (χ2v) is 7.30. The fourth-order valence-corrected chi connectivity index (χ4v) is 4.69. The summed E-state index contributed by atoms with van der Waals surface area (Å²) in [6.45, 7) is 1.70. The lowest BCUT2D eigenvalue weighted by atomic mass is 9.83. The number of carbonyl (C=O) groups excluding carboxylic acids is 1. The van der Waals surface area contributed by atoms with E-state index in [2.05, 4.69) is 46.4 Å². The topological polar surface area (TPSA) is 43.3 Å². The van der Waals surface area contributed by atoms with E-state index in [1.807, 2.05) is 12.1 Å². The summed E-state index contributed by atoms with van der Waals surface area (Å²) in [5.41, 5.74) is 5.03. The Hall–Kier alpha value is -2.75. The maximum absolute atomic E-state index is 12.8. The van der Waals surface area contributed by atoms with Crippen LogP contribution in [-0.4, -0.2) is 24.1 Å². The molecule has 0 spiro atoms. The van der Waals surface area contributed by atoms with Crippen LogP contribution in [0.4, 0.5) is 0 Å². The zero-order valence-corrected chi connectivity index (χ0v) is 14.9. The Balaban J connectivity index is 1.65. The number of hydrogen-bond donors (Lipinski definition) is 1. The molecule has 1 saturated heterocycles. The van der Waals surface area contributed by atoms with Crippen molar-refractivity contribution in [3.8, 4) is 5.75 Å². The lowest BCUT2D eigenvalue weighted by molar-refractivity contribution is -0.120. The molecule has 3 aromatic rings. The van der Waals surface area contributed by atoms with Crippen molar-refractivity contribution in [3.63, 3.8) is 0 Å². The van der Waals surface area contributed by atoms with Crippen LogP contribution in [-0.2, 0) is 17.8 Å². The Morgan fingerprint density at radius 3 is 2.96 bits per heavy atom. The molecule has 1 aromatic heterocycles. The highest BCUT2D eigenvalue weighted by Crippen LogP contribution is 2.42. The molecule has 0 aliphatic carbocycles. The maximum Gasteiger partial charge on any atom is 0.228 e. The molecule has 2 atom stereocenters. The van der Waals surface area contributed by atoms with Crippen LogP contribution in [0, 0.1) is 0 Å². The maximum atomic E-state index is 12.8. The number of benzene rings is 2. The molecule has 26 heavy (non-hydrogen) atoms. The summed E-state index contributed by atoms with van der Waals surface area (Å²) in [4.78, 5) is 12.8. The van der Waals surface area contributed by atoms with Gasteiger partial charge in [-0.1, -0.05) is 30.3 Å². The van der Waals surface area contributed by atoms with Gasteiger partial charge in [-0.15, -0.1) is 0 Å². The molecule has 2 aliphatic rings. The van der Waals surface area contributed by atoms with Gasteiger partial charge < -0.3 is 14.6 Å². The third-order valence-corrected chi connectivity index (χ3v) is 5.90. The molecule has 0 saturated carbocycles. The minimum Gasteiger partial charge on any atom is -0.497 e. The van der Waals surface area contributed by atoms with Gasteiger partial charge in [-0.2, -0.15) is 0 Å². The molecular weight excluding hydrogens is 324 g/mol. The van der Waals surface area contributed by atoms with Gasteiger partial charge in [0.15, 0.2) is 0 Å². The normalized spacial score (nSPS) is 21.8. The summed E-state index contributed by atoms with van der Waals surface area (Å²) in [6, 6.07) is 14.6. The van der Waals surface area contributed by atoms with Crippen LogP contribution in [0.3, 0.4) is 0 Å². The van der Waals surface area contributed by atoms with Crippen LogP contribution in [0.15, 0.2) is 48.7 Å². The zero-order chi connectivity index (χ0) is 17.7. The van der Waals surface area contributed by atoms with Crippen molar-refractivity contribution in [1.82, 2.24) is 9.88 Å². The first-order chi connectivity index (χ1) is 12.8. The highest BCUT2D eigenvalue weighted by Gasteiger charge is 2.39. The fraction of sp³-hybridized carbons (Fsp3) is 0.318. The second-order valence-electron chi connectivity index (χ2n) is 7.30. The van der Waals surface area contributed by atoms with Gasteiger partial charge in [0.25, 0.3) is 0 Å². The molecule has 1 amide bonds. The van der Waals surface area contributed by atoms with Gasteiger partial charge in [0.1, 0.15) is 5.75 Å². The van der Waals surface area contributed by atoms with E-state index in [1.165, 1.54) is 16.5 Å². The number of carbonyl (C=O) groups is 1. The van der Waals surface area contributed by atoms with Crippen LogP contribution in [0.5, 0.6) is 5.75 Å². The molecule has 1 N–H and O–H groups in total. The average Bonchev–Trinajstić information content (AvgIpc) is 3.24. The molecule has 0 unspecified atom stereocenters. The van der Waals surface area contributed by atoms with Crippen molar-refractivity contribution in [3.05, 3.63) is 65.4 Å². The standard InChI is InChI=1S/C22H22N2O2/c1-26-16-8-2-6-15(11-16)18-12-23-22(25)20(18)19-13-24-10-4-7-14-5-3-9-17(19)21(14)24/h2-3,5-6,8-9,11,13,18,20H,4,7,10,12H2,1H3,(H,23,25)/t18-,20+/m1/s1. The van der Waals surface area contributed by atoms with Crippen molar-refractivity contribution < 1.29 is 9.53 Å². The number of aromatic nitrogens is 1. The number of ether oxygens (including phenoxy) is 1. The Kier molecular flexibility index (Phi) is 3.52. The number of rotatable bonds is 3. The van der Waals surface area contributed by atoms with Crippen LogP contribution in [0.2, 0.25) is 0 Å². The van der Waals surface area contributed by atoms with Crippen molar-refractivity contribution in [1.29, 1.82) is 0 Å². The number of hydrogen-bond acceptors (Lipinski definition) is 2. The number of nitrogens with one attached hydrogen (secondary N) is 1. The molecule has 4 heteroatoms. The Labute approximate surface area is 152 Å². The molecule has 0 bridgehead atoms. The van der Waals surface area contributed by atoms with Crippen molar-refractivity contribution in [2.45, 2.75) is 31.2 Å². The summed E-state index contributed by atoms with van der Waals surface area (Å²) in [6.07, 6.45) is 4.50. The molecule has 2 aliphatic heterocycles. The van der Waals surface area contributed by atoms with E-state index in [0.717, 1.165) is 36.3 Å². The number of aryl methyl sites for hydroxylation is 2. The minimum absolute atomic E-state index is 0.126. The monoisotopic (exact) mass is 346 g/mol. The molecule has 4 nitrogen and oxygen atoms in total. The number of methoxy groups -OCH3 is 1. The Bertz CT molecular complexity index is 1000. The van der Waals surface area contributed by atoms with Gasteiger partial charge in [0, 0.05) is 30.6 Å². The van der Waals surface area contributed by atoms with Gasteiger partial charge in [0.2, 0.25) is 5.91 Å². The summed E-state index contributed by atoms with van der Waals surface area (Å²) in [7, 11) is 1.68. The Morgan fingerprint density at radius 1 is 1.19 bits per heavy atom. The first-order valence-corrected chi connectivity index (χ1v) is 9.28. The largest absolute Gasteiger partial charge is 0.497 e. The first-order valence-electron chi connectivity index (χ1n) is 9.28. The second kappa shape index (κ2) is 5.90. The van der Waals surface area contributed by atoms with E-state index >= 15 is 0 Å². The van der Waals surface area contributed by atoms with E-state index in [-0.39, 0.29) is 17.7 Å². The summed E-state index contributed by atoms with van der Waals surface area (Å²) < 4.78 is 7.73. The summed E-state index contributed by atoms with van der Waals surface area (Å²) in [5.74, 6) is 0.935.